The molecule has 0 aliphatic carbocycles. The molecule has 3 atom stereocenters. The smallest absolute Gasteiger partial charge is 0.130 e. The highest BCUT2D eigenvalue weighted by Crippen LogP contribution is 2.46. The van der Waals surface area contributed by atoms with Crippen LogP contribution in [0.5, 0.6) is 0 Å². The van der Waals surface area contributed by atoms with E-state index in [-0.39, 0.29) is 18.0 Å². The minimum Gasteiger partial charge on any atom is -0.375 e. The van der Waals surface area contributed by atoms with E-state index in [0.717, 1.165) is 11.3 Å². The highest BCUT2D eigenvalue weighted by Gasteiger charge is 2.42. The van der Waals surface area contributed by atoms with Gasteiger partial charge in [-0.1, -0.05) is 43.6 Å². The van der Waals surface area contributed by atoms with Gasteiger partial charge in [-0.15, -0.1) is 0 Å². The summed E-state index contributed by atoms with van der Waals surface area (Å²) in [5, 5.41) is 3.83. The van der Waals surface area contributed by atoms with Crippen molar-refractivity contribution in [2.75, 3.05) is 18.5 Å². The maximum Gasteiger partial charge on any atom is 0.130 e. The van der Waals surface area contributed by atoms with Crippen molar-refractivity contribution in [3.63, 3.8) is 0 Å². The predicted molar refractivity (Wildman–Crippen MR) is 96.7 cm³/mol. The Bertz CT molecular complexity index is 775. The molecule has 3 nitrogen and oxygen atoms in total. The van der Waals surface area contributed by atoms with Crippen LogP contribution in [0.3, 0.4) is 0 Å². The van der Waals surface area contributed by atoms with Crippen LogP contribution in [0.1, 0.15) is 48.6 Å². The van der Waals surface area contributed by atoms with E-state index in [1.807, 2.05) is 6.07 Å². The van der Waals surface area contributed by atoms with E-state index in [2.05, 4.69) is 31.3 Å². The Morgan fingerprint density at radius 1 is 1.16 bits per heavy atom. The van der Waals surface area contributed by atoms with Crippen molar-refractivity contribution < 1.29 is 13.9 Å². The minimum atomic E-state index is -0.392. The first-order chi connectivity index (χ1) is 12.1. The van der Waals surface area contributed by atoms with Gasteiger partial charge >= 0.3 is 0 Å². The molecule has 25 heavy (non-hydrogen) atoms. The number of benzene rings is 2. The van der Waals surface area contributed by atoms with Crippen molar-refractivity contribution in [1.29, 1.82) is 0 Å². The van der Waals surface area contributed by atoms with Gasteiger partial charge in [-0.25, -0.2) is 4.39 Å². The average molecular weight is 362 g/mol. The van der Waals surface area contributed by atoms with Gasteiger partial charge in [0, 0.05) is 21.8 Å². The zero-order valence-corrected chi connectivity index (χ0v) is 15.0. The van der Waals surface area contributed by atoms with Crippen LogP contribution in [-0.2, 0) is 9.47 Å². The van der Waals surface area contributed by atoms with Gasteiger partial charge in [0.05, 0.1) is 19.3 Å². The van der Waals surface area contributed by atoms with Crippen LogP contribution in [-0.4, -0.2) is 19.3 Å². The van der Waals surface area contributed by atoms with E-state index in [4.69, 9.17) is 21.1 Å². The largest absolute Gasteiger partial charge is 0.375 e. The van der Waals surface area contributed by atoms with Gasteiger partial charge in [-0.2, -0.15) is 0 Å². The number of nitrogens with one attached hydrogen (secondary N) is 1. The molecule has 4 rings (SSSR count). The standard InChI is InChI=1S/C20H21ClFNO2/c1-11(2)12-6-7-16-13(10-12)19-20(25-9-8-24-19)18(23-16)17-14(21)4-3-5-15(17)22/h3-7,10-11,18-20,23H,8-9H2,1-2H3. The van der Waals surface area contributed by atoms with Crippen LogP contribution in [0.15, 0.2) is 36.4 Å². The van der Waals surface area contributed by atoms with E-state index >= 15 is 0 Å². The zero-order valence-electron chi connectivity index (χ0n) is 14.3. The number of ether oxygens (including phenoxy) is 2. The second kappa shape index (κ2) is 6.60. The van der Waals surface area contributed by atoms with Crippen LogP contribution < -0.4 is 5.32 Å². The fourth-order valence-corrected chi connectivity index (χ4v) is 3.96. The first-order valence-corrected chi connectivity index (χ1v) is 9.01. The van der Waals surface area contributed by atoms with Gasteiger partial charge in [0.2, 0.25) is 0 Å². The first-order valence-electron chi connectivity index (χ1n) is 8.63. The van der Waals surface area contributed by atoms with Crippen molar-refractivity contribution in [2.24, 2.45) is 0 Å². The summed E-state index contributed by atoms with van der Waals surface area (Å²) in [4.78, 5) is 0. The average Bonchev–Trinajstić information content (AvgIpc) is 2.61. The summed E-state index contributed by atoms with van der Waals surface area (Å²) in [6, 6.07) is 10.7. The molecule has 2 aliphatic rings. The fourth-order valence-electron chi connectivity index (χ4n) is 3.68. The molecule has 0 saturated carbocycles. The predicted octanol–water partition coefficient (Wildman–Crippen LogP) is 5.23. The molecule has 0 bridgehead atoms. The summed E-state index contributed by atoms with van der Waals surface area (Å²) in [7, 11) is 0. The van der Waals surface area contributed by atoms with Crippen LogP contribution >= 0.6 is 11.6 Å². The Morgan fingerprint density at radius 2 is 1.96 bits per heavy atom. The Morgan fingerprint density at radius 3 is 2.72 bits per heavy atom. The molecule has 2 heterocycles. The lowest BCUT2D eigenvalue weighted by molar-refractivity contribution is -0.151. The first kappa shape index (κ1) is 16.8. The number of hydrogen-bond donors (Lipinski definition) is 1. The van der Waals surface area contributed by atoms with Gasteiger partial charge in [0.1, 0.15) is 18.0 Å². The maximum atomic E-state index is 14.5. The van der Waals surface area contributed by atoms with Crippen molar-refractivity contribution in [3.05, 3.63) is 63.9 Å². The van der Waals surface area contributed by atoms with Crippen molar-refractivity contribution in [2.45, 2.75) is 38.0 Å². The van der Waals surface area contributed by atoms with Crippen LogP contribution in [0.4, 0.5) is 10.1 Å². The number of hydrogen-bond acceptors (Lipinski definition) is 3. The SMILES string of the molecule is CC(C)c1ccc2c(c1)C1OCCOC1C(c1c(F)cccc1Cl)N2. The van der Waals surface area contributed by atoms with Crippen LogP contribution in [0, 0.1) is 5.82 Å². The molecule has 2 aliphatic heterocycles. The molecule has 3 unspecified atom stereocenters. The highest BCUT2D eigenvalue weighted by molar-refractivity contribution is 6.31. The molecule has 5 heteroatoms. The van der Waals surface area contributed by atoms with Gasteiger partial charge in [-0.05, 0) is 29.7 Å². The monoisotopic (exact) mass is 361 g/mol. The molecule has 1 fully saturated rings. The summed E-state index contributed by atoms with van der Waals surface area (Å²) in [5.41, 5.74) is 3.69. The molecule has 0 spiro atoms. The maximum absolute atomic E-state index is 14.5. The van der Waals surface area contributed by atoms with Gasteiger partial charge in [0.15, 0.2) is 0 Å². The van der Waals surface area contributed by atoms with E-state index in [0.29, 0.717) is 29.7 Å². The number of rotatable bonds is 2. The number of fused-ring (bicyclic) bond motifs is 3. The summed E-state index contributed by atoms with van der Waals surface area (Å²) < 4.78 is 26.6. The highest BCUT2D eigenvalue weighted by atomic mass is 35.5. The normalized spacial score (nSPS) is 25.2. The number of halogens is 2. The summed E-state index contributed by atoms with van der Waals surface area (Å²) in [6.07, 6.45) is -0.553. The molecular formula is C20H21ClFNO2. The van der Waals surface area contributed by atoms with E-state index in [1.54, 1.807) is 12.1 Å². The zero-order chi connectivity index (χ0) is 17.6. The number of anilines is 1. The Balaban J connectivity index is 1.81. The third-order valence-corrected chi connectivity index (χ3v) is 5.32. The van der Waals surface area contributed by atoms with Crippen LogP contribution in [0.2, 0.25) is 5.02 Å². The fraction of sp³-hybridized carbons (Fsp3) is 0.400. The summed E-state index contributed by atoms with van der Waals surface area (Å²) in [5.74, 6) is 0.0900. The van der Waals surface area contributed by atoms with Crippen molar-refractivity contribution in [3.8, 4) is 0 Å². The summed E-state index contributed by atoms with van der Waals surface area (Å²) >= 11 is 6.31. The lowest BCUT2D eigenvalue weighted by atomic mass is 9.85. The second-order valence-corrected chi connectivity index (χ2v) is 7.29. The van der Waals surface area contributed by atoms with E-state index in [9.17, 15) is 4.39 Å². The van der Waals surface area contributed by atoms with E-state index < -0.39 is 6.04 Å². The molecule has 2 aromatic carbocycles. The van der Waals surface area contributed by atoms with Gasteiger partial charge < -0.3 is 14.8 Å². The molecule has 0 radical (unpaired) electrons. The second-order valence-electron chi connectivity index (χ2n) is 6.89. The molecular weight excluding hydrogens is 341 g/mol. The lowest BCUT2D eigenvalue weighted by Crippen LogP contribution is -2.43. The minimum absolute atomic E-state index is 0.232. The summed E-state index contributed by atoms with van der Waals surface area (Å²) in [6.45, 7) is 5.35. The molecule has 2 aromatic rings. The quantitative estimate of drug-likeness (QED) is 0.794. The molecule has 0 amide bonds. The van der Waals surface area contributed by atoms with Crippen molar-refractivity contribution in [1.82, 2.24) is 0 Å². The molecule has 132 valence electrons. The van der Waals surface area contributed by atoms with Gasteiger partial charge in [0.25, 0.3) is 0 Å². The van der Waals surface area contributed by atoms with Crippen molar-refractivity contribution >= 4 is 17.3 Å². The Labute approximate surface area is 152 Å². The Hall–Kier alpha value is -1.62. The Kier molecular flexibility index (Phi) is 4.44. The molecule has 1 N–H and O–H groups in total. The van der Waals surface area contributed by atoms with Crippen LogP contribution in [0.25, 0.3) is 0 Å². The topological polar surface area (TPSA) is 30.5 Å². The molecule has 0 aromatic heterocycles. The lowest BCUT2D eigenvalue weighted by Gasteiger charge is -2.43. The molecule has 1 saturated heterocycles. The third-order valence-electron chi connectivity index (χ3n) is 4.99. The third kappa shape index (κ3) is 2.92. The van der Waals surface area contributed by atoms with Gasteiger partial charge in [-0.3, -0.25) is 0 Å². The van der Waals surface area contributed by atoms with E-state index in [1.165, 1.54) is 11.6 Å².